The van der Waals surface area contributed by atoms with Crippen LogP contribution in [0.25, 0.3) is 10.9 Å². The molecule has 7 heteroatoms. The number of aromatic nitrogens is 1. The van der Waals surface area contributed by atoms with Crippen LogP contribution in [0.1, 0.15) is 61.5 Å². The molecule has 158 valence electrons. The number of carboxylic acid groups (broad SMARTS) is 1. The number of rotatable bonds is 12. The zero-order chi connectivity index (χ0) is 21.4. The summed E-state index contributed by atoms with van der Waals surface area (Å²) in [5.41, 5.74) is 1.73. The van der Waals surface area contributed by atoms with Gasteiger partial charge >= 0.3 is 5.97 Å². The zero-order valence-electron chi connectivity index (χ0n) is 17.4. The number of unbranched alkanes of at least 4 members (excludes halogenated alkanes) is 5. The van der Waals surface area contributed by atoms with Crippen LogP contribution in [0.15, 0.2) is 18.2 Å². The highest BCUT2D eigenvalue weighted by atomic mass is 16.5. The lowest BCUT2D eigenvalue weighted by molar-refractivity contribution is -0.139. The minimum absolute atomic E-state index is 0.270. The standard InChI is InChI=1S/C22H30N2O5/c1-4-5-6-7-8-9-13-24-15(2)19(21(27)22(28)23-3)20-16(24)11-10-12-17(20)29-14-18(25)26/h10-12H,4-9,13-14H2,1-3H3,(H,23,28)(H,25,26). The predicted molar refractivity (Wildman–Crippen MR) is 112 cm³/mol. The largest absolute Gasteiger partial charge is 0.481 e. The number of ether oxygens (including phenoxy) is 1. The molecule has 29 heavy (non-hydrogen) atoms. The maximum atomic E-state index is 12.8. The van der Waals surface area contributed by atoms with Gasteiger partial charge in [0.25, 0.3) is 11.7 Å². The molecule has 1 amide bonds. The first-order valence-electron chi connectivity index (χ1n) is 10.1. The van der Waals surface area contributed by atoms with Gasteiger partial charge in [-0.2, -0.15) is 0 Å². The van der Waals surface area contributed by atoms with E-state index in [-0.39, 0.29) is 5.56 Å². The molecule has 0 fully saturated rings. The summed E-state index contributed by atoms with van der Waals surface area (Å²) in [6, 6.07) is 5.26. The van der Waals surface area contributed by atoms with Crippen LogP contribution in [0.4, 0.5) is 0 Å². The number of likely N-dealkylation sites (N-methyl/N-ethyl adjacent to an activating group) is 1. The minimum Gasteiger partial charge on any atom is -0.481 e. The van der Waals surface area contributed by atoms with Crippen LogP contribution in [0.5, 0.6) is 5.75 Å². The second kappa shape index (κ2) is 10.6. The van der Waals surface area contributed by atoms with Crippen molar-refractivity contribution < 1.29 is 24.2 Å². The van der Waals surface area contributed by atoms with E-state index in [1.165, 1.54) is 32.7 Å². The monoisotopic (exact) mass is 402 g/mol. The quantitative estimate of drug-likeness (QED) is 0.320. The Morgan fingerprint density at radius 1 is 1.10 bits per heavy atom. The number of aliphatic carboxylic acids is 1. The Kier molecular flexibility index (Phi) is 8.24. The Morgan fingerprint density at radius 2 is 1.79 bits per heavy atom. The van der Waals surface area contributed by atoms with E-state index >= 15 is 0 Å². The number of fused-ring (bicyclic) bond motifs is 1. The first-order valence-corrected chi connectivity index (χ1v) is 10.1. The average Bonchev–Trinajstić information content (AvgIpc) is 2.99. The first kappa shape index (κ1) is 22.5. The van der Waals surface area contributed by atoms with E-state index in [0.29, 0.717) is 16.8 Å². The van der Waals surface area contributed by atoms with Gasteiger partial charge in [0, 0.05) is 19.3 Å². The smallest absolute Gasteiger partial charge is 0.341 e. The van der Waals surface area contributed by atoms with Gasteiger partial charge in [-0.25, -0.2) is 4.79 Å². The van der Waals surface area contributed by atoms with Crippen LogP contribution in [0.2, 0.25) is 0 Å². The van der Waals surface area contributed by atoms with E-state index in [0.717, 1.165) is 24.9 Å². The lowest BCUT2D eigenvalue weighted by Crippen LogP contribution is -2.28. The maximum absolute atomic E-state index is 12.8. The topological polar surface area (TPSA) is 97.6 Å². The number of nitrogens with one attached hydrogen (secondary N) is 1. The molecule has 0 spiro atoms. The molecule has 0 unspecified atom stereocenters. The SMILES string of the molecule is CCCCCCCCn1c(C)c(C(=O)C(=O)NC)c2c(OCC(=O)O)cccc21. The molecule has 1 heterocycles. The van der Waals surface area contributed by atoms with Gasteiger partial charge in [0.05, 0.1) is 16.5 Å². The molecule has 0 aliphatic carbocycles. The summed E-state index contributed by atoms with van der Waals surface area (Å²) >= 11 is 0. The Hall–Kier alpha value is -2.83. The Labute approximate surface area is 171 Å². The number of nitrogens with zero attached hydrogens (tertiary/aromatic N) is 1. The molecule has 0 bridgehead atoms. The first-order chi connectivity index (χ1) is 13.9. The van der Waals surface area contributed by atoms with Crippen molar-refractivity contribution in [3.63, 3.8) is 0 Å². The van der Waals surface area contributed by atoms with E-state index in [2.05, 4.69) is 12.2 Å². The van der Waals surface area contributed by atoms with Crippen molar-refractivity contribution in [3.05, 3.63) is 29.5 Å². The van der Waals surface area contributed by atoms with Gasteiger partial charge in [0.1, 0.15) is 5.75 Å². The van der Waals surface area contributed by atoms with Crippen molar-refractivity contribution >= 4 is 28.6 Å². The molecule has 0 aliphatic heterocycles. The molecule has 2 aromatic rings. The van der Waals surface area contributed by atoms with E-state index < -0.39 is 24.3 Å². The molecule has 0 saturated heterocycles. The molecule has 1 aromatic carbocycles. The van der Waals surface area contributed by atoms with Crippen LogP contribution in [-0.2, 0) is 16.1 Å². The van der Waals surface area contributed by atoms with Gasteiger partial charge < -0.3 is 19.7 Å². The molecule has 0 saturated carbocycles. The van der Waals surface area contributed by atoms with Gasteiger partial charge in [0.2, 0.25) is 0 Å². The third kappa shape index (κ3) is 5.37. The van der Waals surface area contributed by atoms with Crippen LogP contribution in [0.3, 0.4) is 0 Å². The van der Waals surface area contributed by atoms with Crippen molar-refractivity contribution in [2.75, 3.05) is 13.7 Å². The number of Topliss-reactive ketones (excluding diaryl/α,β-unsaturated/α-hetero) is 1. The van der Waals surface area contributed by atoms with Gasteiger partial charge in [-0.1, -0.05) is 45.1 Å². The molecule has 1 aromatic heterocycles. The summed E-state index contributed by atoms with van der Waals surface area (Å²) < 4.78 is 7.45. The van der Waals surface area contributed by atoms with Crippen molar-refractivity contribution in [2.24, 2.45) is 0 Å². The second-order valence-corrected chi connectivity index (χ2v) is 7.12. The number of benzene rings is 1. The van der Waals surface area contributed by atoms with E-state index in [1.54, 1.807) is 12.1 Å². The number of carbonyl (C=O) groups is 3. The summed E-state index contributed by atoms with van der Waals surface area (Å²) in [4.78, 5) is 35.8. The third-order valence-electron chi connectivity index (χ3n) is 5.06. The molecular weight excluding hydrogens is 372 g/mol. The van der Waals surface area contributed by atoms with Crippen LogP contribution in [0, 0.1) is 6.92 Å². The Balaban J connectivity index is 2.42. The summed E-state index contributed by atoms with van der Waals surface area (Å²) in [7, 11) is 1.41. The van der Waals surface area contributed by atoms with E-state index in [9.17, 15) is 14.4 Å². The number of hydrogen-bond acceptors (Lipinski definition) is 4. The highest BCUT2D eigenvalue weighted by Gasteiger charge is 2.26. The highest BCUT2D eigenvalue weighted by molar-refractivity contribution is 6.45. The predicted octanol–water partition coefficient (Wildman–Crippen LogP) is 3.70. The molecule has 2 rings (SSSR count). The second-order valence-electron chi connectivity index (χ2n) is 7.12. The van der Waals surface area contributed by atoms with Crippen LogP contribution < -0.4 is 10.1 Å². The average molecular weight is 402 g/mol. The number of carboxylic acids is 1. The fraction of sp³-hybridized carbons (Fsp3) is 0.500. The zero-order valence-corrected chi connectivity index (χ0v) is 17.4. The molecule has 0 radical (unpaired) electrons. The van der Waals surface area contributed by atoms with Gasteiger partial charge in [0.15, 0.2) is 6.61 Å². The molecular formula is C22H30N2O5. The molecule has 2 N–H and O–H groups in total. The van der Waals surface area contributed by atoms with Crippen molar-refractivity contribution in [2.45, 2.75) is 58.9 Å². The number of amides is 1. The number of aryl methyl sites for hydroxylation is 1. The van der Waals surface area contributed by atoms with Crippen LogP contribution >= 0.6 is 0 Å². The molecule has 0 aliphatic rings. The fourth-order valence-electron chi connectivity index (χ4n) is 3.60. The van der Waals surface area contributed by atoms with Gasteiger partial charge in [-0.15, -0.1) is 0 Å². The van der Waals surface area contributed by atoms with E-state index in [4.69, 9.17) is 9.84 Å². The number of ketones is 1. The van der Waals surface area contributed by atoms with Gasteiger partial charge in [-0.3, -0.25) is 9.59 Å². The van der Waals surface area contributed by atoms with Crippen molar-refractivity contribution in [1.29, 1.82) is 0 Å². The lowest BCUT2D eigenvalue weighted by atomic mass is 10.1. The van der Waals surface area contributed by atoms with Crippen molar-refractivity contribution in [1.82, 2.24) is 9.88 Å². The summed E-state index contributed by atoms with van der Waals surface area (Å²) in [6.45, 7) is 4.20. The van der Waals surface area contributed by atoms with Crippen LogP contribution in [-0.4, -0.2) is 41.0 Å². The van der Waals surface area contributed by atoms with Crippen molar-refractivity contribution in [3.8, 4) is 5.75 Å². The lowest BCUT2D eigenvalue weighted by Gasteiger charge is -2.09. The molecule has 7 nitrogen and oxygen atoms in total. The maximum Gasteiger partial charge on any atom is 0.341 e. The highest BCUT2D eigenvalue weighted by Crippen LogP contribution is 2.34. The minimum atomic E-state index is -1.11. The Bertz CT molecular complexity index is 885. The number of hydrogen-bond donors (Lipinski definition) is 2. The summed E-state index contributed by atoms with van der Waals surface area (Å²) in [5, 5.41) is 11.8. The summed E-state index contributed by atoms with van der Waals surface area (Å²) in [6.07, 6.45) is 6.87. The number of carbonyl (C=O) groups excluding carboxylic acids is 2. The van der Waals surface area contributed by atoms with E-state index in [1.807, 2.05) is 17.6 Å². The Morgan fingerprint density at radius 3 is 2.45 bits per heavy atom. The molecule has 0 atom stereocenters. The van der Waals surface area contributed by atoms with Gasteiger partial charge in [-0.05, 0) is 25.5 Å². The fourth-order valence-corrected chi connectivity index (χ4v) is 3.60. The summed E-state index contributed by atoms with van der Waals surface area (Å²) in [5.74, 6) is -2.17. The normalized spacial score (nSPS) is 10.9. The third-order valence-corrected chi connectivity index (χ3v) is 5.06.